The summed E-state index contributed by atoms with van der Waals surface area (Å²) in [6, 6.07) is 20.1. The van der Waals surface area contributed by atoms with Crippen LogP contribution >= 0.6 is 0 Å². The molecule has 1 amide bonds. The van der Waals surface area contributed by atoms with Gasteiger partial charge in [-0.15, -0.1) is 0 Å². The Hall–Kier alpha value is -4.00. The normalized spacial score (nSPS) is 10.4. The molecule has 7 heteroatoms. The SMILES string of the molecule is COc1ccc(C(NC(=O)COC(=O)c2ccccc2O)c2ccc(OC)cc2)cc1. The maximum atomic E-state index is 12.6. The van der Waals surface area contributed by atoms with Gasteiger partial charge in [-0.1, -0.05) is 36.4 Å². The molecule has 0 unspecified atom stereocenters. The van der Waals surface area contributed by atoms with E-state index < -0.39 is 24.5 Å². The van der Waals surface area contributed by atoms with E-state index in [0.717, 1.165) is 11.1 Å². The molecule has 0 aromatic heterocycles. The van der Waals surface area contributed by atoms with Crippen LogP contribution in [0.3, 0.4) is 0 Å². The first-order valence-electron chi connectivity index (χ1n) is 9.54. The van der Waals surface area contributed by atoms with E-state index in [-0.39, 0.29) is 11.3 Å². The number of esters is 1. The van der Waals surface area contributed by atoms with Gasteiger partial charge in [-0.2, -0.15) is 0 Å². The zero-order chi connectivity index (χ0) is 22.2. The second-order valence-corrected chi connectivity index (χ2v) is 6.64. The third-order valence-electron chi connectivity index (χ3n) is 4.66. The minimum atomic E-state index is -0.779. The zero-order valence-electron chi connectivity index (χ0n) is 17.2. The van der Waals surface area contributed by atoms with E-state index in [2.05, 4.69) is 5.32 Å². The van der Waals surface area contributed by atoms with E-state index in [4.69, 9.17) is 14.2 Å². The van der Waals surface area contributed by atoms with E-state index in [9.17, 15) is 14.7 Å². The van der Waals surface area contributed by atoms with Crippen molar-refractivity contribution in [3.8, 4) is 17.2 Å². The van der Waals surface area contributed by atoms with E-state index in [1.165, 1.54) is 12.1 Å². The largest absolute Gasteiger partial charge is 0.507 e. The van der Waals surface area contributed by atoms with Crippen LogP contribution in [0.25, 0.3) is 0 Å². The van der Waals surface area contributed by atoms with Crippen molar-refractivity contribution in [2.45, 2.75) is 6.04 Å². The molecule has 2 N–H and O–H groups in total. The maximum absolute atomic E-state index is 12.6. The maximum Gasteiger partial charge on any atom is 0.342 e. The fourth-order valence-corrected chi connectivity index (χ4v) is 3.01. The highest BCUT2D eigenvalue weighted by atomic mass is 16.5. The Labute approximate surface area is 180 Å². The minimum absolute atomic E-state index is 0.00263. The number of carbonyl (C=O) groups is 2. The number of benzene rings is 3. The zero-order valence-corrected chi connectivity index (χ0v) is 17.2. The number of phenols is 1. The summed E-state index contributed by atoms with van der Waals surface area (Å²) in [6.07, 6.45) is 0. The lowest BCUT2D eigenvalue weighted by molar-refractivity contribution is -0.124. The Morgan fingerprint density at radius 1 is 0.839 bits per heavy atom. The molecule has 3 aromatic rings. The minimum Gasteiger partial charge on any atom is -0.507 e. The first kappa shape index (κ1) is 21.7. The lowest BCUT2D eigenvalue weighted by atomic mass is 9.98. The molecular weight excluding hydrogens is 398 g/mol. The first-order valence-corrected chi connectivity index (χ1v) is 9.54. The van der Waals surface area contributed by atoms with Crippen LogP contribution in [0.15, 0.2) is 72.8 Å². The quantitative estimate of drug-likeness (QED) is 0.541. The molecule has 3 rings (SSSR count). The van der Waals surface area contributed by atoms with Gasteiger partial charge in [0, 0.05) is 0 Å². The Balaban J connectivity index is 1.74. The smallest absolute Gasteiger partial charge is 0.342 e. The Morgan fingerprint density at radius 2 is 1.35 bits per heavy atom. The average Bonchev–Trinajstić information content (AvgIpc) is 2.81. The summed E-state index contributed by atoms with van der Waals surface area (Å²) in [5.41, 5.74) is 1.65. The number of phenolic OH excluding ortho intramolecular Hbond substituents is 1. The van der Waals surface area contributed by atoms with Crippen molar-refractivity contribution in [1.29, 1.82) is 0 Å². The lowest BCUT2D eigenvalue weighted by Gasteiger charge is -2.20. The number of para-hydroxylation sites is 1. The van der Waals surface area contributed by atoms with Crippen molar-refractivity contribution in [2.24, 2.45) is 0 Å². The number of methoxy groups -OCH3 is 2. The number of aromatic hydroxyl groups is 1. The van der Waals surface area contributed by atoms with Crippen LogP contribution in [0.5, 0.6) is 17.2 Å². The van der Waals surface area contributed by atoms with E-state index >= 15 is 0 Å². The molecular formula is C24H23NO6. The summed E-state index contributed by atoms with van der Waals surface area (Å²) in [5, 5.41) is 12.6. The van der Waals surface area contributed by atoms with Crippen molar-refractivity contribution in [3.63, 3.8) is 0 Å². The lowest BCUT2D eigenvalue weighted by Crippen LogP contribution is -2.33. The molecule has 0 atom stereocenters. The number of ether oxygens (including phenoxy) is 3. The van der Waals surface area contributed by atoms with Crippen LogP contribution in [0.2, 0.25) is 0 Å². The highest BCUT2D eigenvalue weighted by molar-refractivity contribution is 5.93. The molecule has 0 saturated carbocycles. The van der Waals surface area contributed by atoms with Crippen molar-refractivity contribution < 1.29 is 28.9 Å². The van der Waals surface area contributed by atoms with Gasteiger partial charge in [-0.25, -0.2) is 4.79 Å². The van der Waals surface area contributed by atoms with Gasteiger partial charge in [0.2, 0.25) is 0 Å². The Morgan fingerprint density at radius 3 is 1.84 bits per heavy atom. The number of rotatable bonds is 8. The van der Waals surface area contributed by atoms with Crippen molar-refractivity contribution in [2.75, 3.05) is 20.8 Å². The van der Waals surface area contributed by atoms with Gasteiger partial charge in [0.1, 0.15) is 22.8 Å². The summed E-state index contributed by atoms with van der Waals surface area (Å²) >= 11 is 0. The number of nitrogens with one attached hydrogen (secondary N) is 1. The molecule has 7 nitrogen and oxygen atoms in total. The molecule has 0 aliphatic carbocycles. The fraction of sp³-hybridized carbons (Fsp3) is 0.167. The standard InChI is InChI=1S/C24H23NO6/c1-29-18-11-7-16(8-12-18)23(17-9-13-19(30-2)14-10-17)25-22(27)15-31-24(28)20-5-3-4-6-21(20)26/h3-14,23,26H,15H2,1-2H3,(H,25,27). The van der Waals surface area contributed by atoms with Crippen molar-refractivity contribution in [3.05, 3.63) is 89.5 Å². The van der Waals surface area contributed by atoms with Crippen LogP contribution in [-0.2, 0) is 9.53 Å². The number of hydrogen-bond acceptors (Lipinski definition) is 6. The predicted octanol–water partition coefficient (Wildman–Crippen LogP) is 3.47. The molecule has 0 saturated heterocycles. The first-order chi connectivity index (χ1) is 15.0. The summed E-state index contributed by atoms with van der Waals surface area (Å²) in [7, 11) is 3.16. The highest BCUT2D eigenvalue weighted by Crippen LogP contribution is 2.26. The second kappa shape index (κ2) is 10.2. The number of carbonyl (C=O) groups excluding carboxylic acids is 2. The van der Waals surface area contributed by atoms with Crippen LogP contribution in [-0.4, -0.2) is 37.8 Å². The van der Waals surface area contributed by atoms with Crippen LogP contribution < -0.4 is 14.8 Å². The molecule has 0 spiro atoms. The molecule has 0 radical (unpaired) electrons. The highest BCUT2D eigenvalue weighted by Gasteiger charge is 2.19. The monoisotopic (exact) mass is 421 g/mol. The van der Waals surface area contributed by atoms with Crippen molar-refractivity contribution >= 4 is 11.9 Å². The molecule has 31 heavy (non-hydrogen) atoms. The van der Waals surface area contributed by atoms with Gasteiger partial charge in [0.25, 0.3) is 5.91 Å². The molecule has 0 aliphatic rings. The molecule has 0 bridgehead atoms. The van der Waals surface area contributed by atoms with E-state index in [1.54, 1.807) is 50.6 Å². The summed E-state index contributed by atoms with van der Waals surface area (Å²) in [4.78, 5) is 24.7. The second-order valence-electron chi connectivity index (χ2n) is 6.64. The summed E-state index contributed by atoms with van der Waals surface area (Å²) < 4.78 is 15.5. The predicted molar refractivity (Wildman–Crippen MR) is 114 cm³/mol. The van der Waals surface area contributed by atoms with Crippen LogP contribution in [0, 0.1) is 0 Å². The van der Waals surface area contributed by atoms with E-state index in [0.29, 0.717) is 11.5 Å². The van der Waals surface area contributed by atoms with Crippen LogP contribution in [0.4, 0.5) is 0 Å². The average molecular weight is 421 g/mol. The number of hydrogen-bond donors (Lipinski definition) is 2. The third-order valence-corrected chi connectivity index (χ3v) is 4.66. The summed E-state index contributed by atoms with van der Waals surface area (Å²) in [5.74, 6) is -0.0818. The van der Waals surface area contributed by atoms with Gasteiger partial charge < -0.3 is 24.6 Å². The molecule has 3 aromatic carbocycles. The van der Waals surface area contributed by atoms with Gasteiger partial charge in [0.05, 0.1) is 20.3 Å². The molecule has 0 fully saturated rings. The summed E-state index contributed by atoms with van der Waals surface area (Å²) in [6.45, 7) is -0.490. The Kier molecular flexibility index (Phi) is 7.11. The van der Waals surface area contributed by atoms with Crippen molar-refractivity contribution in [1.82, 2.24) is 5.32 Å². The molecule has 160 valence electrons. The van der Waals surface area contributed by atoms with Gasteiger partial charge >= 0.3 is 5.97 Å². The van der Waals surface area contributed by atoms with Gasteiger partial charge in [0.15, 0.2) is 6.61 Å². The van der Waals surface area contributed by atoms with Crippen LogP contribution in [0.1, 0.15) is 27.5 Å². The topological polar surface area (TPSA) is 94.1 Å². The Bertz CT molecular complexity index is 983. The van der Waals surface area contributed by atoms with Gasteiger partial charge in [-0.05, 0) is 47.5 Å². The molecule has 0 aliphatic heterocycles. The molecule has 0 heterocycles. The number of amides is 1. The van der Waals surface area contributed by atoms with E-state index in [1.807, 2.05) is 24.3 Å². The third kappa shape index (κ3) is 5.54. The fourth-order valence-electron chi connectivity index (χ4n) is 3.01. The van der Waals surface area contributed by atoms with Gasteiger partial charge in [-0.3, -0.25) is 4.79 Å².